The van der Waals surface area contributed by atoms with Crippen LogP contribution in [0.25, 0.3) is 0 Å². The second-order valence-corrected chi connectivity index (χ2v) is 4.57. The third-order valence-corrected chi connectivity index (χ3v) is 2.49. The molecule has 0 unspecified atom stereocenters. The van der Waals surface area contributed by atoms with Crippen LogP contribution in [-0.4, -0.2) is 58.7 Å². The van der Waals surface area contributed by atoms with Gasteiger partial charge >= 0.3 is 5.97 Å². The maximum atomic E-state index is 12.3. The molecule has 0 fully saturated rings. The molecule has 0 aliphatic heterocycles. The summed E-state index contributed by atoms with van der Waals surface area (Å²) in [7, 11) is 1.55. The number of aromatic carboxylic acids is 1. The number of aromatic amines is 1. The lowest BCUT2D eigenvalue weighted by Crippen LogP contribution is -2.37. The molecule has 0 atom stereocenters. The first-order valence-electron chi connectivity index (χ1n) is 6.02. The van der Waals surface area contributed by atoms with Crippen molar-refractivity contribution in [2.75, 3.05) is 26.8 Å². The van der Waals surface area contributed by atoms with Gasteiger partial charge in [-0.15, -0.1) is 0 Å². The number of carbonyl (C=O) groups excluding carboxylic acids is 1. The number of carboxylic acids is 1. The average molecular weight is 269 g/mol. The topological polar surface area (TPSA) is 95.5 Å². The van der Waals surface area contributed by atoms with Gasteiger partial charge in [-0.1, -0.05) is 13.8 Å². The third-order valence-electron chi connectivity index (χ3n) is 2.49. The second-order valence-electron chi connectivity index (χ2n) is 4.57. The van der Waals surface area contributed by atoms with E-state index >= 15 is 0 Å². The van der Waals surface area contributed by atoms with Crippen LogP contribution in [-0.2, 0) is 4.74 Å². The fourth-order valence-corrected chi connectivity index (χ4v) is 1.69. The largest absolute Gasteiger partial charge is 0.477 e. The molecule has 7 heteroatoms. The molecular formula is C12H19N3O4. The summed E-state index contributed by atoms with van der Waals surface area (Å²) in [6.45, 7) is 5.28. The summed E-state index contributed by atoms with van der Waals surface area (Å²) < 4.78 is 4.96. The molecule has 0 saturated heterocycles. The van der Waals surface area contributed by atoms with E-state index in [1.807, 2.05) is 13.8 Å². The van der Waals surface area contributed by atoms with E-state index in [4.69, 9.17) is 9.84 Å². The van der Waals surface area contributed by atoms with Gasteiger partial charge in [-0.2, -0.15) is 0 Å². The molecule has 0 spiro atoms. The number of carboxylic acid groups (broad SMARTS) is 1. The molecule has 1 aromatic rings. The summed E-state index contributed by atoms with van der Waals surface area (Å²) in [6, 6.07) is 0. The van der Waals surface area contributed by atoms with Crippen LogP contribution in [0.3, 0.4) is 0 Å². The summed E-state index contributed by atoms with van der Waals surface area (Å²) in [6.07, 6.45) is 1.21. The van der Waals surface area contributed by atoms with Gasteiger partial charge in [0, 0.05) is 20.2 Å². The molecule has 0 aromatic carbocycles. The number of nitrogens with one attached hydrogen (secondary N) is 1. The maximum absolute atomic E-state index is 12.3. The van der Waals surface area contributed by atoms with Crippen molar-refractivity contribution >= 4 is 11.9 Å². The zero-order valence-corrected chi connectivity index (χ0v) is 11.3. The Bertz CT molecular complexity index is 442. The molecule has 106 valence electrons. The summed E-state index contributed by atoms with van der Waals surface area (Å²) in [5.41, 5.74) is -0.250. The normalized spacial score (nSPS) is 10.7. The van der Waals surface area contributed by atoms with Gasteiger partial charge in [0.2, 0.25) is 0 Å². The van der Waals surface area contributed by atoms with Crippen LogP contribution in [0.5, 0.6) is 0 Å². The van der Waals surface area contributed by atoms with Crippen molar-refractivity contribution in [3.63, 3.8) is 0 Å². The summed E-state index contributed by atoms with van der Waals surface area (Å²) in [4.78, 5) is 31.1. The van der Waals surface area contributed by atoms with E-state index in [1.54, 1.807) is 12.0 Å². The molecule has 0 bridgehead atoms. The zero-order valence-electron chi connectivity index (χ0n) is 11.3. The van der Waals surface area contributed by atoms with Crippen molar-refractivity contribution in [1.29, 1.82) is 0 Å². The molecule has 2 N–H and O–H groups in total. The Labute approximate surface area is 111 Å². The fourth-order valence-electron chi connectivity index (χ4n) is 1.69. The minimum Gasteiger partial charge on any atom is -0.477 e. The van der Waals surface area contributed by atoms with Gasteiger partial charge in [0.05, 0.1) is 12.9 Å². The van der Waals surface area contributed by atoms with Crippen molar-refractivity contribution in [3.8, 4) is 0 Å². The first-order valence-corrected chi connectivity index (χ1v) is 6.02. The van der Waals surface area contributed by atoms with E-state index in [2.05, 4.69) is 9.97 Å². The Hall–Kier alpha value is -1.89. The quantitative estimate of drug-likeness (QED) is 0.765. The van der Waals surface area contributed by atoms with Crippen LogP contribution < -0.4 is 0 Å². The standard InChI is InChI=1S/C12H19N3O4/c1-8(2)6-15(4-5-19-3)11(16)9-10(12(17)18)14-7-13-9/h7-8H,4-6H2,1-3H3,(H,13,14)(H,17,18). The molecule has 0 saturated carbocycles. The summed E-state index contributed by atoms with van der Waals surface area (Å²) in [5.74, 6) is -1.32. The first-order chi connectivity index (χ1) is 8.97. The van der Waals surface area contributed by atoms with Crippen LogP contribution in [0.4, 0.5) is 0 Å². The van der Waals surface area contributed by atoms with Gasteiger partial charge < -0.3 is 19.7 Å². The van der Waals surface area contributed by atoms with Crippen molar-refractivity contribution in [1.82, 2.24) is 14.9 Å². The minimum atomic E-state index is -1.20. The molecule has 0 aliphatic carbocycles. The number of hydrogen-bond donors (Lipinski definition) is 2. The number of ether oxygens (including phenoxy) is 1. The number of hydrogen-bond acceptors (Lipinski definition) is 4. The Morgan fingerprint density at radius 3 is 2.74 bits per heavy atom. The third kappa shape index (κ3) is 4.06. The highest BCUT2D eigenvalue weighted by Gasteiger charge is 2.24. The van der Waals surface area contributed by atoms with E-state index in [-0.39, 0.29) is 17.3 Å². The van der Waals surface area contributed by atoms with E-state index in [1.165, 1.54) is 6.33 Å². The smallest absolute Gasteiger partial charge is 0.354 e. The lowest BCUT2D eigenvalue weighted by Gasteiger charge is -2.23. The van der Waals surface area contributed by atoms with Crippen molar-refractivity contribution in [2.45, 2.75) is 13.8 Å². The van der Waals surface area contributed by atoms with Crippen LogP contribution >= 0.6 is 0 Å². The SMILES string of the molecule is COCCN(CC(C)C)C(=O)c1nc[nH]c1C(=O)O. The number of H-pyrrole nitrogens is 1. The number of amides is 1. The number of imidazole rings is 1. The van der Waals surface area contributed by atoms with Crippen molar-refractivity contribution in [2.24, 2.45) is 5.92 Å². The maximum Gasteiger partial charge on any atom is 0.354 e. The van der Waals surface area contributed by atoms with Crippen LogP contribution in [0.15, 0.2) is 6.33 Å². The average Bonchev–Trinajstić information content (AvgIpc) is 2.82. The number of aromatic nitrogens is 2. The van der Waals surface area contributed by atoms with Crippen LogP contribution in [0.1, 0.15) is 34.8 Å². The molecular weight excluding hydrogens is 250 g/mol. The van der Waals surface area contributed by atoms with Gasteiger partial charge in [-0.05, 0) is 5.92 Å². The van der Waals surface area contributed by atoms with E-state index < -0.39 is 11.9 Å². The Balaban J connectivity index is 2.91. The number of carbonyl (C=O) groups is 2. The van der Waals surface area contributed by atoms with Crippen LogP contribution in [0, 0.1) is 5.92 Å². The van der Waals surface area contributed by atoms with Gasteiger partial charge in [-0.3, -0.25) is 4.79 Å². The molecule has 1 aromatic heterocycles. The molecule has 7 nitrogen and oxygen atoms in total. The van der Waals surface area contributed by atoms with Gasteiger partial charge in [0.15, 0.2) is 11.4 Å². The Morgan fingerprint density at radius 1 is 1.53 bits per heavy atom. The lowest BCUT2D eigenvalue weighted by molar-refractivity contribution is 0.0636. The first kappa shape index (κ1) is 15.2. The zero-order chi connectivity index (χ0) is 14.4. The second kappa shape index (κ2) is 6.89. The van der Waals surface area contributed by atoms with E-state index in [0.717, 1.165) is 0 Å². The number of nitrogens with zero attached hydrogens (tertiary/aromatic N) is 2. The van der Waals surface area contributed by atoms with Gasteiger partial charge in [-0.25, -0.2) is 9.78 Å². The fraction of sp³-hybridized carbons (Fsp3) is 0.583. The highest BCUT2D eigenvalue weighted by molar-refractivity contribution is 6.02. The molecule has 1 heterocycles. The van der Waals surface area contributed by atoms with Crippen molar-refractivity contribution in [3.05, 3.63) is 17.7 Å². The highest BCUT2D eigenvalue weighted by atomic mass is 16.5. The lowest BCUT2D eigenvalue weighted by atomic mass is 10.2. The monoisotopic (exact) mass is 269 g/mol. The predicted octanol–water partition coefficient (Wildman–Crippen LogP) is 0.853. The summed E-state index contributed by atoms with van der Waals surface area (Å²) in [5, 5.41) is 8.98. The Kier molecular flexibility index (Phi) is 5.50. The predicted molar refractivity (Wildman–Crippen MR) is 68.2 cm³/mol. The van der Waals surface area contributed by atoms with Crippen molar-refractivity contribution < 1.29 is 19.4 Å². The Morgan fingerprint density at radius 2 is 2.21 bits per heavy atom. The van der Waals surface area contributed by atoms with Gasteiger partial charge in [0.25, 0.3) is 5.91 Å². The minimum absolute atomic E-state index is 0.0655. The van der Waals surface area contributed by atoms with E-state index in [9.17, 15) is 9.59 Å². The molecule has 19 heavy (non-hydrogen) atoms. The highest BCUT2D eigenvalue weighted by Crippen LogP contribution is 2.09. The molecule has 0 radical (unpaired) electrons. The van der Waals surface area contributed by atoms with E-state index in [0.29, 0.717) is 19.7 Å². The van der Waals surface area contributed by atoms with Gasteiger partial charge in [0.1, 0.15) is 0 Å². The molecule has 1 rings (SSSR count). The summed E-state index contributed by atoms with van der Waals surface area (Å²) >= 11 is 0. The molecule has 1 amide bonds. The molecule has 0 aliphatic rings. The van der Waals surface area contributed by atoms with Crippen LogP contribution in [0.2, 0.25) is 0 Å². The number of rotatable bonds is 7. The number of methoxy groups -OCH3 is 1.